The van der Waals surface area contributed by atoms with E-state index in [1.54, 1.807) is 0 Å². The molecule has 0 saturated heterocycles. The van der Waals surface area contributed by atoms with Crippen LogP contribution in [0.1, 0.15) is 0 Å². The Morgan fingerprint density at radius 2 is 1.05 bits per heavy atom. The van der Waals surface area contributed by atoms with Crippen molar-refractivity contribution in [1.29, 1.82) is 21.0 Å². The standard InChI is InChI=1S/C16H4N4S2/c17-5-9(6-18)15-3-11-12-4-16(10(7-19)8-20)22-14(12)2-1-13(11)21-15/h1-4H. The molecular weight excluding hydrogens is 312 g/mol. The molecule has 0 radical (unpaired) electrons. The van der Waals surface area contributed by atoms with Crippen LogP contribution >= 0.6 is 22.7 Å². The lowest BCUT2D eigenvalue weighted by Gasteiger charge is -1.90. The molecular formula is C16H4N4S2. The second-order valence-corrected chi connectivity index (χ2v) is 6.48. The molecule has 22 heavy (non-hydrogen) atoms. The maximum absolute atomic E-state index is 8.98. The lowest BCUT2D eigenvalue weighted by atomic mass is 10.1. The lowest BCUT2D eigenvalue weighted by molar-refractivity contribution is 1.51. The number of thiophene rings is 2. The molecule has 0 amide bonds. The second-order valence-electron chi connectivity index (χ2n) is 4.31. The highest BCUT2D eigenvalue weighted by Gasteiger charge is 2.08. The number of nitriles is 4. The average Bonchev–Trinajstić information content (AvgIpc) is 3.13. The summed E-state index contributed by atoms with van der Waals surface area (Å²) in [7, 11) is 0. The summed E-state index contributed by atoms with van der Waals surface area (Å²) in [6.45, 7) is 0. The number of benzene rings is 1. The fourth-order valence-corrected chi connectivity index (χ4v) is 4.19. The monoisotopic (exact) mass is 316 g/mol. The van der Waals surface area contributed by atoms with Crippen LogP contribution in [0, 0.1) is 45.3 Å². The first-order valence-corrected chi connectivity index (χ1v) is 7.66. The first kappa shape index (κ1) is 13.8. The van der Waals surface area contributed by atoms with Gasteiger partial charge in [-0.2, -0.15) is 21.0 Å². The Morgan fingerprint density at radius 3 is 1.36 bits per heavy atom. The molecule has 0 N–H and O–H groups in total. The van der Waals surface area contributed by atoms with Crippen LogP contribution in [0.2, 0.25) is 0 Å². The Kier molecular flexibility index (Phi) is 3.34. The molecule has 0 spiro atoms. The molecule has 6 heteroatoms. The zero-order valence-electron chi connectivity index (χ0n) is 10.9. The number of rotatable bonds is 0. The number of nitrogens with zero attached hydrogens (tertiary/aromatic N) is 4. The Hall–Kier alpha value is -3.16. The van der Waals surface area contributed by atoms with Crippen molar-refractivity contribution in [2.24, 2.45) is 0 Å². The van der Waals surface area contributed by atoms with Gasteiger partial charge in [-0.1, -0.05) is 0 Å². The van der Waals surface area contributed by atoms with Gasteiger partial charge < -0.3 is 0 Å². The van der Waals surface area contributed by atoms with E-state index in [2.05, 4.69) is 0 Å². The average molecular weight is 316 g/mol. The summed E-state index contributed by atoms with van der Waals surface area (Å²) < 4.78 is 3.19. The van der Waals surface area contributed by atoms with E-state index in [0.29, 0.717) is 9.06 Å². The highest BCUT2D eigenvalue weighted by atomic mass is 32.1. The van der Waals surface area contributed by atoms with Crippen molar-refractivity contribution in [1.82, 2.24) is 0 Å². The van der Waals surface area contributed by atoms with E-state index in [1.165, 1.54) is 22.7 Å². The van der Waals surface area contributed by atoms with Crippen molar-refractivity contribution >= 4 is 54.0 Å². The maximum atomic E-state index is 8.98. The molecule has 3 rings (SSSR count). The van der Waals surface area contributed by atoms with Crippen molar-refractivity contribution < 1.29 is 0 Å². The molecule has 2 heterocycles. The lowest BCUT2D eigenvalue weighted by Crippen LogP contribution is -1.95. The minimum Gasteiger partial charge on any atom is -0.192 e. The minimum absolute atomic E-state index is 0.0890. The normalized spacial score (nSPS) is 9.64. The molecule has 0 bridgehead atoms. The topological polar surface area (TPSA) is 95.2 Å². The summed E-state index contributed by atoms with van der Waals surface area (Å²) in [5, 5.41) is 37.8. The number of hydrogen-bond donors (Lipinski definition) is 0. The third-order valence-electron chi connectivity index (χ3n) is 3.14. The van der Waals surface area contributed by atoms with Crippen LogP contribution < -0.4 is 9.06 Å². The van der Waals surface area contributed by atoms with Gasteiger partial charge in [-0.3, -0.25) is 0 Å². The van der Waals surface area contributed by atoms with Crippen molar-refractivity contribution in [3.8, 4) is 24.3 Å². The van der Waals surface area contributed by atoms with Gasteiger partial charge in [-0.25, -0.2) is 0 Å². The molecule has 4 nitrogen and oxygen atoms in total. The Balaban J connectivity index is 2.50. The maximum Gasteiger partial charge on any atom is 0.146 e. The van der Waals surface area contributed by atoms with E-state index in [4.69, 9.17) is 21.0 Å². The molecule has 0 aliphatic rings. The third-order valence-corrected chi connectivity index (χ3v) is 5.37. The summed E-state index contributed by atoms with van der Waals surface area (Å²) in [5.41, 5.74) is 0.178. The van der Waals surface area contributed by atoms with Crippen LogP contribution in [0.15, 0.2) is 24.3 Å². The molecule has 3 aromatic rings. The van der Waals surface area contributed by atoms with E-state index in [0.717, 1.165) is 20.2 Å². The van der Waals surface area contributed by atoms with Gasteiger partial charge in [-0.05, 0) is 24.3 Å². The first-order valence-electron chi connectivity index (χ1n) is 6.03. The van der Waals surface area contributed by atoms with Crippen molar-refractivity contribution in [3.63, 3.8) is 0 Å². The fraction of sp³-hybridized carbons (Fsp3) is 0. The number of fused-ring (bicyclic) bond motifs is 3. The van der Waals surface area contributed by atoms with Crippen LogP contribution in [0.25, 0.3) is 31.3 Å². The predicted molar refractivity (Wildman–Crippen MR) is 85.7 cm³/mol. The molecule has 1 aromatic carbocycles. The van der Waals surface area contributed by atoms with Gasteiger partial charge >= 0.3 is 0 Å². The van der Waals surface area contributed by atoms with Gasteiger partial charge in [0.05, 0.1) is 9.06 Å². The van der Waals surface area contributed by atoms with Crippen LogP contribution in [0.4, 0.5) is 0 Å². The first-order chi connectivity index (χ1) is 10.7. The van der Waals surface area contributed by atoms with Gasteiger partial charge in [0.15, 0.2) is 0 Å². The summed E-state index contributed by atoms with van der Waals surface area (Å²) in [6, 6.07) is 15.1. The zero-order valence-corrected chi connectivity index (χ0v) is 12.5. The fourth-order valence-electron chi connectivity index (χ4n) is 2.15. The van der Waals surface area contributed by atoms with Crippen LogP contribution in [-0.2, 0) is 0 Å². The van der Waals surface area contributed by atoms with E-state index >= 15 is 0 Å². The van der Waals surface area contributed by atoms with Gasteiger partial charge in [0, 0.05) is 20.2 Å². The van der Waals surface area contributed by atoms with Crippen molar-refractivity contribution in [2.45, 2.75) is 0 Å². The van der Waals surface area contributed by atoms with Gasteiger partial charge in [-0.15, -0.1) is 22.7 Å². The molecule has 0 atom stereocenters. The highest BCUT2D eigenvalue weighted by molar-refractivity contribution is 7.19. The quantitative estimate of drug-likeness (QED) is 0.636. The van der Waals surface area contributed by atoms with Gasteiger partial charge in [0.1, 0.15) is 35.4 Å². The van der Waals surface area contributed by atoms with Crippen molar-refractivity contribution in [2.75, 3.05) is 0 Å². The Bertz CT molecular complexity index is 1080. The van der Waals surface area contributed by atoms with Crippen LogP contribution in [0.3, 0.4) is 0 Å². The molecule has 100 valence electrons. The molecule has 0 unspecified atom stereocenters. The Morgan fingerprint density at radius 1 is 0.682 bits per heavy atom. The van der Waals surface area contributed by atoms with Crippen LogP contribution in [0.5, 0.6) is 0 Å². The summed E-state index contributed by atoms with van der Waals surface area (Å²) in [5.74, 6) is 0. The van der Waals surface area contributed by atoms with Crippen molar-refractivity contribution in [3.05, 3.63) is 33.3 Å². The Labute approximate surface area is 132 Å². The third kappa shape index (κ3) is 2.01. The highest BCUT2D eigenvalue weighted by Crippen LogP contribution is 2.29. The largest absolute Gasteiger partial charge is 0.192 e. The molecule has 0 saturated carbocycles. The minimum atomic E-state index is 0.0890. The second kappa shape index (κ2) is 5.32. The summed E-state index contributed by atoms with van der Waals surface area (Å²) in [6.07, 6.45) is 0. The van der Waals surface area contributed by atoms with E-state index in [9.17, 15) is 0 Å². The molecule has 2 aromatic heterocycles. The molecule has 0 aliphatic carbocycles. The smallest absolute Gasteiger partial charge is 0.146 e. The summed E-state index contributed by atoms with van der Waals surface area (Å²) >= 11 is 2.77. The van der Waals surface area contributed by atoms with Crippen LogP contribution in [-0.4, -0.2) is 0 Å². The zero-order chi connectivity index (χ0) is 15.7. The van der Waals surface area contributed by atoms with Gasteiger partial charge in [0.2, 0.25) is 0 Å². The SMILES string of the molecule is N#CC(C#N)=c1cc2c(ccc3sc(=C(C#N)C#N)cc32)s1. The molecule has 0 aliphatic heterocycles. The predicted octanol–water partition coefficient (Wildman–Crippen LogP) is 2.51. The van der Waals surface area contributed by atoms with E-state index in [1.807, 2.05) is 48.5 Å². The number of hydrogen-bond acceptors (Lipinski definition) is 6. The molecule has 0 fully saturated rings. The van der Waals surface area contributed by atoms with E-state index in [-0.39, 0.29) is 11.1 Å². The van der Waals surface area contributed by atoms with E-state index < -0.39 is 0 Å². The van der Waals surface area contributed by atoms with Gasteiger partial charge in [0.25, 0.3) is 0 Å². The summed E-state index contributed by atoms with van der Waals surface area (Å²) in [4.78, 5) is 0.